The molecule has 2 aromatic rings. The van der Waals surface area contributed by atoms with Gasteiger partial charge in [0.25, 0.3) is 0 Å². The first kappa shape index (κ1) is 31.8. The Bertz CT molecular complexity index is 1090. The van der Waals surface area contributed by atoms with Crippen LogP contribution in [0.1, 0.15) is 84.2 Å². The van der Waals surface area contributed by atoms with Crippen LogP contribution in [0.25, 0.3) is 10.2 Å². The predicted octanol–water partition coefficient (Wildman–Crippen LogP) is 6.16. The van der Waals surface area contributed by atoms with Gasteiger partial charge in [-0.15, -0.1) is 11.3 Å². The Hall–Kier alpha value is -2.38. The van der Waals surface area contributed by atoms with Gasteiger partial charge in [-0.1, -0.05) is 60.6 Å². The van der Waals surface area contributed by atoms with Crippen molar-refractivity contribution in [3.8, 4) is 0 Å². The van der Waals surface area contributed by atoms with Gasteiger partial charge in [-0.2, -0.15) is 0 Å². The van der Waals surface area contributed by atoms with Crippen molar-refractivity contribution in [2.24, 2.45) is 11.8 Å². The van der Waals surface area contributed by atoms with E-state index in [4.69, 9.17) is 4.98 Å². The summed E-state index contributed by atoms with van der Waals surface area (Å²) in [5, 5.41) is 4.10. The van der Waals surface area contributed by atoms with Crippen molar-refractivity contribution in [2.45, 2.75) is 92.5 Å². The maximum absolute atomic E-state index is 13.6. The van der Waals surface area contributed by atoms with Crippen LogP contribution >= 0.6 is 11.3 Å². The van der Waals surface area contributed by atoms with Gasteiger partial charge in [0, 0.05) is 43.8 Å². The summed E-state index contributed by atoms with van der Waals surface area (Å²) in [6.45, 7) is 18.7. The van der Waals surface area contributed by atoms with E-state index in [0.717, 1.165) is 41.2 Å². The van der Waals surface area contributed by atoms with Gasteiger partial charge in [0.2, 0.25) is 5.91 Å². The number of rotatable bonds is 18. The fourth-order valence-corrected chi connectivity index (χ4v) is 5.68. The average Bonchev–Trinajstić information content (AvgIpc) is 3.33. The lowest BCUT2D eigenvalue weighted by molar-refractivity contribution is -0.130. The van der Waals surface area contributed by atoms with Gasteiger partial charge in [0.1, 0.15) is 5.78 Å². The van der Waals surface area contributed by atoms with Gasteiger partial charge >= 0.3 is 0 Å². The molecule has 0 bridgehead atoms. The van der Waals surface area contributed by atoms with E-state index < -0.39 is 5.92 Å². The standard InChI is InChI=1S/C31H47N3O3S/c1-8-21(6)26(15-16-28(36)22(7)20-34(11-4)12-5)33-31(37)24(18-25(35)10-3)19-30-32-27-14-13-23(9-2)17-29(27)38-30/h13-14,17,21,24,26H,7-12,15-16,18-20H2,1-6H3,(H,33,37)/t21-,24-,26+/m0/s1. The Morgan fingerprint density at radius 2 is 1.82 bits per heavy atom. The highest BCUT2D eigenvalue weighted by molar-refractivity contribution is 7.18. The second-order valence-electron chi connectivity index (χ2n) is 10.3. The summed E-state index contributed by atoms with van der Waals surface area (Å²) in [6.07, 6.45) is 3.80. The molecule has 1 aromatic heterocycles. The Balaban J connectivity index is 2.13. The molecule has 0 unspecified atom stereocenters. The summed E-state index contributed by atoms with van der Waals surface area (Å²) in [4.78, 5) is 45.7. The van der Waals surface area contributed by atoms with Gasteiger partial charge < -0.3 is 5.32 Å². The molecule has 0 aliphatic rings. The lowest BCUT2D eigenvalue weighted by Crippen LogP contribution is -2.43. The number of hydrogen-bond acceptors (Lipinski definition) is 6. The van der Waals surface area contributed by atoms with E-state index in [-0.39, 0.29) is 35.9 Å². The fourth-order valence-electron chi connectivity index (χ4n) is 4.56. The van der Waals surface area contributed by atoms with Crippen LogP contribution in [-0.2, 0) is 27.2 Å². The van der Waals surface area contributed by atoms with Gasteiger partial charge in [0.05, 0.1) is 21.1 Å². The molecule has 1 heterocycles. The number of Topliss-reactive ketones (excluding diaryl/α,β-unsaturated/α-hetero) is 2. The lowest BCUT2D eigenvalue weighted by atomic mass is 9.91. The highest BCUT2D eigenvalue weighted by atomic mass is 32.1. The van der Waals surface area contributed by atoms with Crippen molar-refractivity contribution in [1.82, 2.24) is 15.2 Å². The van der Waals surface area contributed by atoms with Crippen molar-refractivity contribution in [3.63, 3.8) is 0 Å². The number of hydrogen-bond donors (Lipinski definition) is 1. The second-order valence-corrected chi connectivity index (χ2v) is 11.4. The molecular formula is C31H47N3O3S. The van der Waals surface area contributed by atoms with Crippen LogP contribution < -0.4 is 5.32 Å². The number of nitrogens with zero attached hydrogens (tertiary/aromatic N) is 2. The highest BCUT2D eigenvalue weighted by Gasteiger charge is 2.27. The molecule has 1 N–H and O–H groups in total. The minimum absolute atomic E-state index is 0.0538. The topological polar surface area (TPSA) is 79.4 Å². The minimum atomic E-state index is -0.478. The highest BCUT2D eigenvalue weighted by Crippen LogP contribution is 2.27. The van der Waals surface area contributed by atoms with E-state index in [1.165, 1.54) is 5.56 Å². The van der Waals surface area contributed by atoms with Gasteiger partial charge in [-0.05, 0) is 49.5 Å². The molecule has 0 saturated carbocycles. The third kappa shape index (κ3) is 9.42. The molecule has 1 amide bonds. The molecule has 6 nitrogen and oxygen atoms in total. The molecule has 7 heteroatoms. The van der Waals surface area contributed by atoms with E-state index in [1.54, 1.807) is 11.3 Å². The first-order chi connectivity index (χ1) is 18.1. The summed E-state index contributed by atoms with van der Waals surface area (Å²) in [5.41, 5.74) is 2.81. The van der Waals surface area contributed by atoms with E-state index in [9.17, 15) is 14.4 Å². The van der Waals surface area contributed by atoms with Crippen LogP contribution in [0.3, 0.4) is 0 Å². The summed E-state index contributed by atoms with van der Waals surface area (Å²) in [6, 6.07) is 6.14. The Labute approximate surface area is 233 Å². The van der Waals surface area contributed by atoms with Crippen LogP contribution in [0.2, 0.25) is 0 Å². The number of aromatic nitrogens is 1. The maximum Gasteiger partial charge on any atom is 0.224 e. The minimum Gasteiger partial charge on any atom is -0.353 e. The molecule has 2 rings (SSSR count). The Morgan fingerprint density at radius 3 is 2.42 bits per heavy atom. The van der Waals surface area contributed by atoms with Crippen LogP contribution in [0.15, 0.2) is 30.4 Å². The van der Waals surface area contributed by atoms with Crippen molar-refractivity contribution >= 4 is 39.0 Å². The van der Waals surface area contributed by atoms with Gasteiger partial charge in [-0.3, -0.25) is 19.3 Å². The zero-order valence-electron chi connectivity index (χ0n) is 24.3. The van der Waals surface area contributed by atoms with Gasteiger partial charge in [-0.25, -0.2) is 4.98 Å². The largest absolute Gasteiger partial charge is 0.353 e. The Morgan fingerprint density at radius 1 is 1.11 bits per heavy atom. The van der Waals surface area contributed by atoms with Crippen molar-refractivity contribution in [1.29, 1.82) is 0 Å². The third-order valence-electron chi connectivity index (χ3n) is 7.61. The number of amides is 1. The van der Waals surface area contributed by atoms with E-state index in [2.05, 4.69) is 63.5 Å². The van der Waals surface area contributed by atoms with Crippen LogP contribution in [0, 0.1) is 11.8 Å². The molecule has 1 aromatic carbocycles. The molecular weight excluding hydrogens is 494 g/mol. The first-order valence-corrected chi connectivity index (χ1v) is 15.1. The van der Waals surface area contributed by atoms with E-state index in [0.29, 0.717) is 37.8 Å². The number of thiazole rings is 1. The van der Waals surface area contributed by atoms with E-state index in [1.807, 2.05) is 13.0 Å². The number of aryl methyl sites for hydroxylation is 1. The average molecular weight is 542 g/mol. The van der Waals surface area contributed by atoms with Crippen molar-refractivity contribution in [3.05, 3.63) is 40.9 Å². The fraction of sp³-hybridized carbons (Fsp3) is 0.613. The SMILES string of the molecule is C=C(CN(CC)CC)C(=O)CC[C@@H](NC(=O)[C@@H](CC(=O)CC)Cc1nc2ccc(CC)cc2s1)[C@@H](C)CC. The maximum atomic E-state index is 13.6. The predicted molar refractivity (Wildman–Crippen MR) is 159 cm³/mol. The number of benzene rings is 1. The number of carbonyl (C=O) groups excluding carboxylic acids is 3. The number of nitrogens with one attached hydrogen (secondary N) is 1. The summed E-state index contributed by atoms with van der Waals surface area (Å²) >= 11 is 1.60. The number of ketones is 2. The zero-order chi connectivity index (χ0) is 28.2. The second kappa shape index (κ2) is 15.9. The Kier molecular flexibility index (Phi) is 13.3. The van der Waals surface area contributed by atoms with Crippen molar-refractivity contribution < 1.29 is 14.4 Å². The summed E-state index contributed by atoms with van der Waals surface area (Å²) < 4.78 is 1.11. The molecule has 0 saturated heterocycles. The quantitative estimate of drug-likeness (QED) is 0.229. The molecule has 3 atom stereocenters. The summed E-state index contributed by atoms with van der Waals surface area (Å²) in [7, 11) is 0. The van der Waals surface area contributed by atoms with Crippen molar-refractivity contribution in [2.75, 3.05) is 19.6 Å². The lowest BCUT2D eigenvalue weighted by Gasteiger charge is -2.27. The first-order valence-electron chi connectivity index (χ1n) is 14.3. The molecule has 38 heavy (non-hydrogen) atoms. The molecule has 210 valence electrons. The smallest absolute Gasteiger partial charge is 0.224 e. The molecule has 0 aliphatic heterocycles. The van der Waals surface area contributed by atoms with Crippen LogP contribution in [0.4, 0.5) is 0 Å². The monoisotopic (exact) mass is 541 g/mol. The van der Waals surface area contributed by atoms with E-state index >= 15 is 0 Å². The zero-order valence-corrected chi connectivity index (χ0v) is 25.1. The number of fused-ring (bicyclic) bond motifs is 1. The third-order valence-corrected chi connectivity index (χ3v) is 8.65. The van der Waals surface area contributed by atoms with Crippen LogP contribution in [0.5, 0.6) is 0 Å². The summed E-state index contributed by atoms with van der Waals surface area (Å²) in [5.74, 6) is -0.269. The van der Waals surface area contributed by atoms with Crippen LogP contribution in [-0.4, -0.2) is 53.0 Å². The molecule has 0 aliphatic carbocycles. The molecule has 0 fully saturated rings. The van der Waals surface area contributed by atoms with Gasteiger partial charge in [0.15, 0.2) is 5.78 Å². The normalized spacial score (nSPS) is 13.9. The number of likely N-dealkylation sites (N-methyl/N-ethyl adjacent to an activating group) is 1. The molecule has 0 radical (unpaired) electrons. The molecule has 0 spiro atoms. The number of carbonyl (C=O) groups is 3.